The van der Waals surface area contributed by atoms with Crippen molar-refractivity contribution in [3.63, 3.8) is 0 Å². The van der Waals surface area contributed by atoms with Crippen molar-refractivity contribution in [1.82, 2.24) is 9.97 Å². The van der Waals surface area contributed by atoms with E-state index in [4.69, 9.17) is 0 Å². The Kier molecular flexibility index (Phi) is 3.14. The summed E-state index contributed by atoms with van der Waals surface area (Å²) in [6.07, 6.45) is 3.20. The van der Waals surface area contributed by atoms with E-state index in [2.05, 4.69) is 25.9 Å². The molecule has 1 heterocycles. The molecule has 2 rings (SSSR count). The minimum atomic E-state index is -0.371. The first kappa shape index (κ1) is 11.0. The maximum atomic E-state index is 13.2. The number of rotatable bonds is 3. The third-order valence-electron chi connectivity index (χ3n) is 2.14. The highest BCUT2D eigenvalue weighted by atomic mass is 79.9. The number of hydrogen-bond donors (Lipinski definition) is 1. The molecule has 0 amide bonds. The number of halogens is 2. The molecule has 82 valence electrons. The number of imidazole rings is 1. The molecule has 0 unspecified atom stereocenters. The zero-order chi connectivity index (χ0) is 11.5. The summed E-state index contributed by atoms with van der Waals surface area (Å²) in [5.41, 5.74) is 0.612. The van der Waals surface area contributed by atoms with Gasteiger partial charge in [-0.15, -0.1) is 0 Å². The second-order valence-electron chi connectivity index (χ2n) is 3.25. The number of aromatic nitrogens is 2. The molecule has 0 aliphatic heterocycles. The van der Waals surface area contributed by atoms with Crippen molar-refractivity contribution < 1.29 is 9.18 Å². The summed E-state index contributed by atoms with van der Waals surface area (Å²) >= 11 is 3.11. The van der Waals surface area contributed by atoms with Gasteiger partial charge in [-0.2, -0.15) is 0 Å². The van der Waals surface area contributed by atoms with E-state index in [1.54, 1.807) is 18.3 Å². The number of hydrogen-bond acceptors (Lipinski definition) is 2. The molecule has 0 aliphatic rings. The molecule has 1 aromatic carbocycles. The highest BCUT2D eigenvalue weighted by Gasteiger charge is 2.12. The van der Waals surface area contributed by atoms with Gasteiger partial charge in [0.1, 0.15) is 5.82 Å². The highest BCUT2D eigenvalue weighted by molar-refractivity contribution is 9.10. The summed E-state index contributed by atoms with van der Waals surface area (Å²) in [6, 6.07) is 4.61. The Labute approximate surface area is 99.8 Å². The topological polar surface area (TPSA) is 45.8 Å². The summed E-state index contributed by atoms with van der Waals surface area (Å²) in [4.78, 5) is 18.3. The molecule has 1 aromatic heterocycles. The van der Waals surface area contributed by atoms with Crippen molar-refractivity contribution in [2.24, 2.45) is 0 Å². The SMILES string of the molecule is O=C(Cc1cccc(F)c1Br)c1ncc[nH]1. The number of benzene rings is 1. The van der Waals surface area contributed by atoms with Crippen molar-refractivity contribution in [2.45, 2.75) is 6.42 Å². The van der Waals surface area contributed by atoms with E-state index in [0.717, 1.165) is 0 Å². The Balaban J connectivity index is 2.22. The molecule has 0 spiro atoms. The number of aromatic amines is 1. The number of nitrogens with zero attached hydrogens (tertiary/aromatic N) is 1. The number of Topliss-reactive ketones (excluding diaryl/α,β-unsaturated/α-hetero) is 1. The van der Waals surface area contributed by atoms with Crippen LogP contribution in [0.25, 0.3) is 0 Å². The average molecular weight is 283 g/mol. The van der Waals surface area contributed by atoms with Crippen molar-refractivity contribution in [1.29, 1.82) is 0 Å². The lowest BCUT2D eigenvalue weighted by Crippen LogP contribution is -2.06. The van der Waals surface area contributed by atoms with E-state index < -0.39 is 0 Å². The third kappa shape index (κ3) is 2.19. The fourth-order valence-electron chi connectivity index (χ4n) is 1.36. The predicted molar refractivity (Wildman–Crippen MR) is 60.7 cm³/mol. The van der Waals surface area contributed by atoms with Gasteiger partial charge in [-0.05, 0) is 27.6 Å². The number of carbonyl (C=O) groups excluding carboxylic acids is 1. The van der Waals surface area contributed by atoms with Crippen molar-refractivity contribution in [3.8, 4) is 0 Å². The Hall–Kier alpha value is -1.49. The van der Waals surface area contributed by atoms with Gasteiger partial charge in [-0.1, -0.05) is 12.1 Å². The van der Waals surface area contributed by atoms with Crippen LogP contribution in [0.1, 0.15) is 16.2 Å². The van der Waals surface area contributed by atoms with E-state index in [1.165, 1.54) is 12.3 Å². The first-order valence-corrected chi connectivity index (χ1v) is 5.43. The number of H-pyrrole nitrogens is 1. The van der Waals surface area contributed by atoms with Crippen LogP contribution >= 0.6 is 15.9 Å². The first-order chi connectivity index (χ1) is 7.68. The molecule has 0 saturated carbocycles. The maximum Gasteiger partial charge on any atom is 0.202 e. The largest absolute Gasteiger partial charge is 0.342 e. The molecule has 5 heteroatoms. The molecule has 1 N–H and O–H groups in total. The monoisotopic (exact) mass is 282 g/mol. The second kappa shape index (κ2) is 4.57. The molecule has 0 fully saturated rings. The summed E-state index contributed by atoms with van der Waals surface area (Å²) in [6.45, 7) is 0. The van der Waals surface area contributed by atoms with Gasteiger partial charge in [0.05, 0.1) is 4.47 Å². The van der Waals surface area contributed by atoms with Crippen LogP contribution in [0.2, 0.25) is 0 Å². The molecule has 2 aromatic rings. The van der Waals surface area contributed by atoms with Crippen molar-refractivity contribution >= 4 is 21.7 Å². The smallest absolute Gasteiger partial charge is 0.202 e. The minimum Gasteiger partial charge on any atom is -0.342 e. The zero-order valence-electron chi connectivity index (χ0n) is 8.21. The van der Waals surface area contributed by atoms with Crippen LogP contribution in [-0.2, 0) is 6.42 Å². The van der Waals surface area contributed by atoms with Crippen molar-refractivity contribution in [3.05, 3.63) is 52.3 Å². The van der Waals surface area contributed by atoms with E-state index in [1.807, 2.05) is 0 Å². The third-order valence-corrected chi connectivity index (χ3v) is 3.03. The predicted octanol–water partition coefficient (Wildman–Crippen LogP) is 2.74. The molecular formula is C11H8BrFN2O. The van der Waals surface area contributed by atoms with Gasteiger partial charge >= 0.3 is 0 Å². The van der Waals surface area contributed by atoms with E-state index in [0.29, 0.717) is 10.0 Å². The van der Waals surface area contributed by atoms with E-state index in [-0.39, 0.29) is 23.8 Å². The summed E-state index contributed by atoms with van der Waals surface area (Å²) in [5.74, 6) is -0.253. The normalized spacial score (nSPS) is 10.4. The fraction of sp³-hybridized carbons (Fsp3) is 0.0909. The number of carbonyl (C=O) groups is 1. The van der Waals surface area contributed by atoms with Gasteiger partial charge in [-0.25, -0.2) is 9.37 Å². The van der Waals surface area contributed by atoms with Gasteiger partial charge in [-0.3, -0.25) is 4.79 Å². The Morgan fingerprint density at radius 3 is 3.00 bits per heavy atom. The lowest BCUT2D eigenvalue weighted by atomic mass is 10.1. The Morgan fingerprint density at radius 1 is 1.50 bits per heavy atom. The minimum absolute atomic E-state index is 0.117. The van der Waals surface area contributed by atoms with Gasteiger partial charge in [0.15, 0.2) is 5.82 Å². The molecule has 0 bridgehead atoms. The van der Waals surface area contributed by atoms with Crippen LogP contribution < -0.4 is 0 Å². The molecule has 0 atom stereocenters. The molecule has 16 heavy (non-hydrogen) atoms. The van der Waals surface area contributed by atoms with Gasteiger partial charge in [0.2, 0.25) is 5.78 Å². The molecular weight excluding hydrogens is 275 g/mol. The standard InChI is InChI=1S/C11H8BrFN2O/c12-10-7(2-1-3-8(10)13)6-9(16)11-14-4-5-15-11/h1-5H,6H2,(H,14,15). The number of ketones is 1. The van der Waals surface area contributed by atoms with E-state index >= 15 is 0 Å². The Bertz CT molecular complexity index is 511. The molecule has 3 nitrogen and oxygen atoms in total. The molecule has 0 radical (unpaired) electrons. The van der Waals surface area contributed by atoms with Gasteiger partial charge < -0.3 is 4.98 Å². The zero-order valence-corrected chi connectivity index (χ0v) is 9.79. The lowest BCUT2D eigenvalue weighted by molar-refractivity contribution is 0.0984. The quantitative estimate of drug-likeness (QED) is 0.880. The van der Waals surface area contributed by atoms with Crippen LogP contribution in [0.15, 0.2) is 35.1 Å². The van der Waals surface area contributed by atoms with Crippen LogP contribution in [0, 0.1) is 5.82 Å². The van der Waals surface area contributed by atoms with E-state index in [9.17, 15) is 9.18 Å². The molecule has 0 saturated heterocycles. The second-order valence-corrected chi connectivity index (χ2v) is 4.04. The summed E-state index contributed by atoms with van der Waals surface area (Å²) in [7, 11) is 0. The summed E-state index contributed by atoms with van der Waals surface area (Å²) < 4.78 is 13.5. The van der Waals surface area contributed by atoms with Crippen molar-refractivity contribution in [2.75, 3.05) is 0 Å². The van der Waals surface area contributed by atoms with Crippen LogP contribution in [0.3, 0.4) is 0 Å². The fourth-order valence-corrected chi connectivity index (χ4v) is 1.76. The highest BCUT2D eigenvalue weighted by Crippen LogP contribution is 2.21. The van der Waals surface area contributed by atoms with Crippen LogP contribution in [0.5, 0.6) is 0 Å². The average Bonchev–Trinajstić information content (AvgIpc) is 2.78. The Morgan fingerprint density at radius 2 is 2.31 bits per heavy atom. The number of nitrogens with one attached hydrogen (secondary N) is 1. The van der Waals surface area contributed by atoms with Gasteiger partial charge in [0, 0.05) is 18.8 Å². The lowest BCUT2D eigenvalue weighted by Gasteiger charge is -2.03. The van der Waals surface area contributed by atoms with Crippen LogP contribution in [-0.4, -0.2) is 15.8 Å². The summed E-state index contributed by atoms with van der Waals surface area (Å²) in [5, 5.41) is 0. The van der Waals surface area contributed by atoms with Crippen LogP contribution in [0.4, 0.5) is 4.39 Å². The molecule has 0 aliphatic carbocycles. The maximum absolute atomic E-state index is 13.2. The first-order valence-electron chi connectivity index (χ1n) is 4.64. The van der Waals surface area contributed by atoms with Gasteiger partial charge in [0.25, 0.3) is 0 Å².